The summed E-state index contributed by atoms with van der Waals surface area (Å²) < 4.78 is 0. The van der Waals surface area contributed by atoms with Gasteiger partial charge in [-0.3, -0.25) is 9.59 Å². The van der Waals surface area contributed by atoms with Crippen LogP contribution in [0.1, 0.15) is 33.3 Å². The van der Waals surface area contributed by atoms with Crippen molar-refractivity contribution in [1.82, 2.24) is 10.2 Å². The van der Waals surface area contributed by atoms with Crippen LogP contribution in [0.2, 0.25) is 0 Å². The van der Waals surface area contributed by atoms with Crippen molar-refractivity contribution in [3.8, 4) is 0 Å². The highest BCUT2D eigenvalue weighted by molar-refractivity contribution is 5.85. The number of amides is 2. The predicted molar refractivity (Wildman–Crippen MR) is 84.8 cm³/mol. The van der Waals surface area contributed by atoms with E-state index in [-0.39, 0.29) is 29.8 Å². The highest BCUT2D eigenvalue weighted by Gasteiger charge is 2.26. The first-order chi connectivity index (χ1) is 9.71. The van der Waals surface area contributed by atoms with Gasteiger partial charge in [0.25, 0.3) is 0 Å². The summed E-state index contributed by atoms with van der Waals surface area (Å²) >= 11 is 0. The average molecular weight is 290 g/mol. The number of hydrogen-bond acceptors (Lipinski definition) is 2. The molecule has 0 saturated heterocycles. The van der Waals surface area contributed by atoms with Crippen LogP contribution in [-0.4, -0.2) is 36.3 Å². The lowest BCUT2D eigenvalue weighted by molar-refractivity contribution is -0.134. The molecule has 1 aromatic carbocycles. The van der Waals surface area contributed by atoms with Crippen LogP contribution in [0.3, 0.4) is 0 Å². The van der Waals surface area contributed by atoms with E-state index < -0.39 is 0 Å². The van der Waals surface area contributed by atoms with Crippen LogP contribution in [0.5, 0.6) is 0 Å². The molecular formula is C17H26N2O2. The summed E-state index contributed by atoms with van der Waals surface area (Å²) in [4.78, 5) is 25.6. The highest BCUT2D eigenvalue weighted by Crippen LogP contribution is 2.22. The van der Waals surface area contributed by atoms with E-state index in [0.29, 0.717) is 6.42 Å². The number of hydrogen-bond donors (Lipinski definition) is 1. The summed E-state index contributed by atoms with van der Waals surface area (Å²) in [5.74, 6) is -0.204. The van der Waals surface area contributed by atoms with Crippen molar-refractivity contribution >= 4 is 11.8 Å². The first-order valence-electron chi connectivity index (χ1n) is 7.28. The molecule has 0 radical (unpaired) electrons. The van der Waals surface area contributed by atoms with Crippen molar-refractivity contribution in [2.75, 3.05) is 13.6 Å². The number of rotatable bonds is 5. The minimum absolute atomic E-state index is 0.0124. The Kier molecular flexibility index (Phi) is 5.94. The van der Waals surface area contributed by atoms with Gasteiger partial charge in [0.05, 0.1) is 13.0 Å². The second kappa shape index (κ2) is 7.25. The molecule has 1 atom stereocenters. The van der Waals surface area contributed by atoms with Crippen molar-refractivity contribution in [2.45, 2.75) is 40.2 Å². The molecule has 4 nitrogen and oxygen atoms in total. The fraction of sp³-hybridized carbons (Fsp3) is 0.529. The molecule has 1 rings (SSSR count). The molecule has 0 unspecified atom stereocenters. The first-order valence-corrected chi connectivity index (χ1v) is 7.28. The molecule has 4 heteroatoms. The number of benzene rings is 1. The summed E-state index contributed by atoms with van der Waals surface area (Å²) in [6, 6.07) is 9.60. The lowest BCUT2D eigenvalue weighted by Gasteiger charge is -2.35. The van der Waals surface area contributed by atoms with Crippen LogP contribution in [0.15, 0.2) is 30.3 Å². The first kappa shape index (κ1) is 17.2. The Morgan fingerprint density at radius 3 is 2.29 bits per heavy atom. The zero-order chi connectivity index (χ0) is 16.0. The molecule has 0 aliphatic rings. The Balaban J connectivity index is 2.44. The number of carbonyl (C=O) groups excluding carboxylic acids is 2. The van der Waals surface area contributed by atoms with Crippen molar-refractivity contribution in [3.63, 3.8) is 0 Å². The molecule has 116 valence electrons. The number of carbonyl (C=O) groups is 2. The Labute approximate surface area is 127 Å². The molecule has 0 aliphatic heterocycles. The van der Waals surface area contributed by atoms with Gasteiger partial charge in [0, 0.05) is 13.1 Å². The maximum Gasteiger partial charge on any atom is 0.241 e. The molecule has 0 aromatic heterocycles. The molecule has 0 spiro atoms. The van der Waals surface area contributed by atoms with E-state index in [0.717, 1.165) is 5.56 Å². The van der Waals surface area contributed by atoms with E-state index in [1.54, 1.807) is 11.9 Å². The third-order valence-corrected chi connectivity index (χ3v) is 3.87. The van der Waals surface area contributed by atoms with Crippen LogP contribution in [0, 0.1) is 5.41 Å². The van der Waals surface area contributed by atoms with Crippen LogP contribution in [0.25, 0.3) is 0 Å². The fourth-order valence-corrected chi connectivity index (χ4v) is 1.94. The summed E-state index contributed by atoms with van der Waals surface area (Å²) in [6.07, 6.45) is 0.298. The van der Waals surface area contributed by atoms with Gasteiger partial charge < -0.3 is 10.2 Å². The summed E-state index contributed by atoms with van der Waals surface area (Å²) in [5, 5.41) is 2.69. The molecular weight excluding hydrogens is 264 g/mol. The van der Waals surface area contributed by atoms with E-state index in [9.17, 15) is 9.59 Å². The fourth-order valence-electron chi connectivity index (χ4n) is 1.94. The maximum absolute atomic E-state index is 12.1. The highest BCUT2D eigenvalue weighted by atomic mass is 16.2. The van der Waals surface area contributed by atoms with Gasteiger partial charge in [-0.2, -0.15) is 0 Å². The quantitative estimate of drug-likeness (QED) is 0.904. The number of nitrogens with one attached hydrogen (secondary N) is 1. The Bertz CT molecular complexity index is 477. The Hall–Kier alpha value is -1.84. The third kappa shape index (κ3) is 5.58. The predicted octanol–water partition coefficient (Wildman–Crippen LogP) is 2.24. The van der Waals surface area contributed by atoms with Gasteiger partial charge in [-0.15, -0.1) is 0 Å². The number of likely N-dealkylation sites (N-methyl/N-ethyl adjacent to an activating group) is 1. The van der Waals surface area contributed by atoms with Crippen molar-refractivity contribution in [1.29, 1.82) is 0 Å². The smallest absolute Gasteiger partial charge is 0.241 e. The van der Waals surface area contributed by atoms with E-state index in [4.69, 9.17) is 0 Å². The topological polar surface area (TPSA) is 49.4 Å². The van der Waals surface area contributed by atoms with Crippen molar-refractivity contribution < 1.29 is 9.59 Å². The molecule has 0 heterocycles. The minimum atomic E-state index is -0.133. The second-order valence-electron chi connectivity index (χ2n) is 6.49. The van der Waals surface area contributed by atoms with E-state index >= 15 is 0 Å². The normalized spacial score (nSPS) is 12.6. The standard InChI is InChI=1S/C17H26N2O2/c1-13(17(2,3)4)19(5)16(21)12-18-15(20)11-14-9-7-6-8-10-14/h6-10,13H,11-12H2,1-5H3,(H,18,20)/t13-/m1/s1. The SMILES string of the molecule is C[C@@H](N(C)C(=O)CNC(=O)Cc1ccccc1)C(C)(C)C. The molecule has 1 aromatic rings. The van der Waals surface area contributed by atoms with Gasteiger partial charge in [0.1, 0.15) is 0 Å². The van der Waals surface area contributed by atoms with Gasteiger partial charge in [-0.1, -0.05) is 51.1 Å². The summed E-state index contributed by atoms with van der Waals surface area (Å²) in [7, 11) is 1.78. The summed E-state index contributed by atoms with van der Waals surface area (Å²) in [6.45, 7) is 8.34. The molecule has 21 heavy (non-hydrogen) atoms. The monoisotopic (exact) mass is 290 g/mol. The molecule has 0 aliphatic carbocycles. The second-order valence-corrected chi connectivity index (χ2v) is 6.49. The van der Waals surface area contributed by atoms with E-state index in [1.807, 2.05) is 37.3 Å². The molecule has 0 fully saturated rings. The van der Waals surface area contributed by atoms with E-state index in [1.165, 1.54) is 0 Å². The van der Waals surface area contributed by atoms with Crippen LogP contribution < -0.4 is 5.32 Å². The zero-order valence-corrected chi connectivity index (χ0v) is 13.6. The maximum atomic E-state index is 12.1. The minimum Gasteiger partial charge on any atom is -0.347 e. The molecule has 2 amide bonds. The van der Waals surface area contributed by atoms with Gasteiger partial charge in [-0.05, 0) is 17.9 Å². The van der Waals surface area contributed by atoms with Crippen LogP contribution in [-0.2, 0) is 16.0 Å². The molecule has 0 saturated carbocycles. The molecule has 0 bridgehead atoms. The van der Waals surface area contributed by atoms with E-state index in [2.05, 4.69) is 26.1 Å². The van der Waals surface area contributed by atoms with Crippen LogP contribution in [0.4, 0.5) is 0 Å². The van der Waals surface area contributed by atoms with Crippen LogP contribution >= 0.6 is 0 Å². The zero-order valence-electron chi connectivity index (χ0n) is 13.6. The average Bonchev–Trinajstić information content (AvgIpc) is 2.43. The van der Waals surface area contributed by atoms with Crippen molar-refractivity contribution in [2.24, 2.45) is 5.41 Å². The third-order valence-electron chi connectivity index (χ3n) is 3.87. The van der Waals surface area contributed by atoms with Gasteiger partial charge >= 0.3 is 0 Å². The lowest BCUT2D eigenvalue weighted by atomic mass is 9.87. The van der Waals surface area contributed by atoms with Crippen molar-refractivity contribution in [3.05, 3.63) is 35.9 Å². The number of nitrogens with zero attached hydrogens (tertiary/aromatic N) is 1. The lowest BCUT2D eigenvalue weighted by Crippen LogP contribution is -2.47. The summed E-state index contributed by atoms with van der Waals surface area (Å²) in [5.41, 5.74) is 0.956. The Morgan fingerprint density at radius 1 is 1.19 bits per heavy atom. The van der Waals surface area contributed by atoms with Gasteiger partial charge in [0.2, 0.25) is 11.8 Å². The Morgan fingerprint density at radius 2 is 1.76 bits per heavy atom. The molecule has 1 N–H and O–H groups in total. The largest absolute Gasteiger partial charge is 0.347 e. The van der Waals surface area contributed by atoms with Gasteiger partial charge in [0.15, 0.2) is 0 Å². The van der Waals surface area contributed by atoms with Gasteiger partial charge in [-0.25, -0.2) is 0 Å².